The molecule has 0 bridgehead atoms. The van der Waals surface area contributed by atoms with Gasteiger partial charge in [-0.3, -0.25) is 9.59 Å². The molecule has 0 aliphatic heterocycles. The minimum absolute atomic E-state index is 0.170. The summed E-state index contributed by atoms with van der Waals surface area (Å²) in [5, 5.41) is 3.42. The standard InChI is InChI=1S/C20H24N2O5S/c1-25-13-9-11(10-14(26-2)18(13)27-3)7-8-16(23)22-20-17(19(21)24)12-5-4-6-15(12)28-20/h9-10H,4-8H2,1-3H3,(H2,21,24)(H,22,23). The molecule has 7 nitrogen and oxygen atoms in total. The van der Waals surface area contributed by atoms with Gasteiger partial charge in [0.25, 0.3) is 5.91 Å². The van der Waals surface area contributed by atoms with Crippen molar-refractivity contribution in [2.75, 3.05) is 26.6 Å². The summed E-state index contributed by atoms with van der Waals surface area (Å²) >= 11 is 1.45. The van der Waals surface area contributed by atoms with E-state index in [1.165, 1.54) is 11.3 Å². The number of hydrogen-bond acceptors (Lipinski definition) is 6. The molecule has 3 rings (SSSR count). The van der Waals surface area contributed by atoms with E-state index in [1.54, 1.807) is 21.3 Å². The third-order valence-corrected chi connectivity index (χ3v) is 5.99. The Morgan fingerprint density at radius 2 is 1.79 bits per heavy atom. The van der Waals surface area contributed by atoms with Gasteiger partial charge in [0.15, 0.2) is 11.5 Å². The molecule has 150 valence electrons. The number of amides is 2. The van der Waals surface area contributed by atoms with Crippen molar-refractivity contribution in [2.24, 2.45) is 5.73 Å². The quantitative estimate of drug-likeness (QED) is 0.705. The Hall–Kier alpha value is -2.74. The van der Waals surface area contributed by atoms with Crippen LogP contribution in [0.4, 0.5) is 5.00 Å². The van der Waals surface area contributed by atoms with Crippen LogP contribution in [0.15, 0.2) is 12.1 Å². The third kappa shape index (κ3) is 3.91. The summed E-state index contributed by atoms with van der Waals surface area (Å²) in [5.74, 6) is 0.943. The van der Waals surface area contributed by atoms with E-state index in [0.717, 1.165) is 35.3 Å². The lowest BCUT2D eigenvalue weighted by atomic mass is 10.1. The highest BCUT2D eigenvalue weighted by Crippen LogP contribution is 2.40. The first-order valence-electron chi connectivity index (χ1n) is 9.01. The number of rotatable bonds is 8. The Morgan fingerprint density at radius 1 is 1.11 bits per heavy atom. The van der Waals surface area contributed by atoms with Crippen molar-refractivity contribution in [1.29, 1.82) is 0 Å². The van der Waals surface area contributed by atoms with E-state index < -0.39 is 5.91 Å². The summed E-state index contributed by atoms with van der Waals surface area (Å²) in [6, 6.07) is 3.65. The summed E-state index contributed by atoms with van der Waals surface area (Å²) in [4.78, 5) is 25.5. The molecule has 0 saturated carbocycles. The summed E-state index contributed by atoms with van der Waals surface area (Å²) in [5.41, 5.74) is 7.89. The minimum Gasteiger partial charge on any atom is -0.493 e. The Kier molecular flexibility index (Phi) is 6.08. The molecule has 1 aliphatic rings. The fraction of sp³-hybridized carbons (Fsp3) is 0.400. The molecular formula is C20H24N2O5S. The first kappa shape index (κ1) is 20.0. The molecule has 28 heavy (non-hydrogen) atoms. The molecule has 1 aromatic heterocycles. The molecule has 0 unspecified atom stereocenters. The van der Waals surface area contributed by atoms with Gasteiger partial charge in [-0.15, -0.1) is 11.3 Å². The van der Waals surface area contributed by atoms with Crippen LogP contribution in [0, 0.1) is 0 Å². The predicted molar refractivity (Wildman–Crippen MR) is 108 cm³/mol. The van der Waals surface area contributed by atoms with Crippen LogP contribution in [0.2, 0.25) is 0 Å². The smallest absolute Gasteiger partial charge is 0.251 e. The average Bonchev–Trinajstić information content (AvgIpc) is 3.25. The van der Waals surface area contributed by atoms with E-state index >= 15 is 0 Å². The zero-order valence-electron chi connectivity index (χ0n) is 16.2. The largest absolute Gasteiger partial charge is 0.493 e. The molecule has 1 aliphatic carbocycles. The van der Waals surface area contributed by atoms with Crippen LogP contribution in [-0.4, -0.2) is 33.1 Å². The lowest BCUT2D eigenvalue weighted by Gasteiger charge is -2.14. The molecular weight excluding hydrogens is 380 g/mol. The lowest BCUT2D eigenvalue weighted by Crippen LogP contribution is -2.18. The van der Waals surface area contributed by atoms with Crippen LogP contribution < -0.4 is 25.3 Å². The number of methoxy groups -OCH3 is 3. The van der Waals surface area contributed by atoms with Gasteiger partial charge in [0.05, 0.1) is 26.9 Å². The molecule has 0 radical (unpaired) electrons. The van der Waals surface area contributed by atoms with Gasteiger partial charge in [0.1, 0.15) is 5.00 Å². The maximum atomic E-state index is 12.5. The number of aryl methyl sites for hydroxylation is 2. The Morgan fingerprint density at radius 3 is 2.36 bits per heavy atom. The monoisotopic (exact) mass is 404 g/mol. The number of primary amides is 1. The number of carbonyl (C=O) groups is 2. The molecule has 0 atom stereocenters. The number of anilines is 1. The zero-order valence-corrected chi connectivity index (χ0v) is 17.0. The van der Waals surface area contributed by atoms with Crippen molar-refractivity contribution >= 4 is 28.2 Å². The molecule has 2 amide bonds. The molecule has 3 N–H and O–H groups in total. The van der Waals surface area contributed by atoms with Crippen LogP contribution in [0.25, 0.3) is 0 Å². The van der Waals surface area contributed by atoms with Crippen molar-refractivity contribution in [3.63, 3.8) is 0 Å². The predicted octanol–water partition coefficient (Wildman–Crippen LogP) is 2.93. The molecule has 8 heteroatoms. The number of ether oxygens (including phenoxy) is 3. The molecule has 1 aromatic carbocycles. The van der Waals surface area contributed by atoms with Crippen LogP contribution in [0.1, 0.15) is 39.2 Å². The number of benzene rings is 1. The van der Waals surface area contributed by atoms with E-state index in [0.29, 0.717) is 34.2 Å². The number of hydrogen-bond donors (Lipinski definition) is 2. The van der Waals surface area contributed by atoms with Crippen molar-refractivity contribution in [3.8, 4) is 17.2 Å². The molecule has 0 spiro atoms. The maximum Gasteiger partial charge on any atom is 0.251 e. The Bertz CT molecular complexity index is 881. The second kappa shape index (κ2) is 8.52. The molecule has 2 aromatic rings. The van der Waals surface area contributed by atoms with Crippen LogP contribution in [0.3, 0.4) is 0 Å². The van der Waals surface area contributed by atoms with Gasteiger partial charge < -0.3 is 25.3 Å². The van der Waals surface area contributed by atoms with Gasteiger partial charge in [-0.05, 0) is 48.9 Å². The highest BCUT2D eigenvalue weighted by atomic mass is 32.1. The van der Waals surface area contributed by atoms with Gasteiger partial charge in [-0.1, -0.05) is 0 Å². The zero-order chi connectivity index (χ0) is 20.3. The van der Waals surface area contributed by atoms with Gasteiger partial charge in [0.2, 0.25) is 11.7 Å². The fourth-order valence-electron chi connectivity index (χ4n) is 3.48. The molecule has 0 saturated heterocycles. The summed E-state index contributed by atoms with van der Waals surface area (Å²) < 4.78 is 16.0. The molecule has 1 heterocycles. The first-order chi connectivity index (χ1) is 13.5. The first-order valence-corrected chi connectivity index (χ1v) is 9.83. The van der Waals surface area contributed by atoms with Crippen LogP contribution in [-0.2, 0) is 24.1 Å². The van der Waals surface area contributed by atoms with E-state index in [-0.39, 0.29) is 12.3 Å². The van der Waals surface area contributed by atoms with Gasteiger partial charge in [-0.25, -0.2) is 0 Å². The average molecular weight is 404 g/mol. The topological polar surface area (TPSA) is 99.9 Å². The second-order valence-electron chi connectivity index (χ2n) is 6.51. The highest BCUT2D eigenvalue weighted by molar-refractivity contribution is 7.17. The van der Waals surface area contributed by atoms with E-state index in [1.807, 2.05) is 12.1 Å². The lowest BCUT2D eigenvalue weighted by molar-refractivity contribution is -0.116. The number of nitrogens with two attached hydrogens (primary N) is 1. The van der Waals surface area contributed by atoms with Gasteiger partial charge in [0, 0.05) is 11.3 Å². The minimum atomic E-state index is -0.487. The Labute approximate surface area is 167 Å². The van der Waals surface area contributed by atoms with Crippen molar-refractivity contribution in [2.45, 2.75) is 32.1 Å². The number of fused-ring (bicyclic) bond motifs is 1. The third-order valence-electron chi connectivity index (χ3n) is 4.79. The fourth-order valence-corrected chi connectivity index (χ4v) is 4.79. The second-order valence-corrected chi connectivity index (χ2v) is 7.61. The van der Waals surface area contributed by atoms with Crippen molar-refractivity contribution < 1.29 is 23.8 Å². The van der Waals surface area contributed by atoms with E-state index in [2.05, 4.69) is 5.32 Å². The molecule has 0 fully saturated rings. The Balaban J connectivity index is 1.71. The SMILES string of the molecule is COc1cc(CCC(=O)Nc2sc3c(c2C(N)=O)CCC3)cc(OC)c1OC. The van der Waals surface area contributed by atoms with Crippen molar-refractivity contribution in [1.82, 2.24) is 0 Å². The maximum absolute atomic E-state index is 12.5. The highest BCUT2D eigenvalue weighted by Gasteiger charge is 2.26. The number of carbonyl (C=O) groups excluding carboxylic acids is 2. The summed E-state index contributed by atoms with van der Waals surface area (Å²) in [6.45, 7) is 0. The summed E-state index contributed by atoms with van der Waals surface area (Å²) in [7, 11) is 4.65. The summed E-state index contributed by atoms with van der Waals surface area (Å²) in [6.07, 6.45) is 3.53. The number of thiophene rings is 1. The van der Waals surface area contributed by atoms with E-state index in [4.69, 9.17) is 19.9 Å². The van der Waals surface area contributed by atoms with Gasteiger partial charge >= 0.3 is 0 Å². The van der Waals surface area contributed by atoms with Crippen molar-refractivity contribution in [3.05, 3.63) is 33.7 Å². The van der Waals surface area contributed by atoms with E-state index in [9.17, 15) is 9.59 Å². The van der Waals surface area contributed by atoms with Crippen LogP contribution in [0.5, 0.6) is 17.2 Å². The van der Waals surface area contributed by atoms with Crippen LogP contribution >= 0.6 is 11.3 Å². The normalized spacial score (nSPS) is 12.4. The number of nitrogens with one attached hydrogen (secondary N) is 1. The van der Waals surface area contributed by atoms with Gasteiger partial charge in [-0.2, -0.15) is 0 Å².